The molecule has 2 fully saturated rings. The van der Waals surface area contributed by atoms with Crippen LogP contribution in [0.3, 0.4) is 0 Å². The van der Waals surface area contributed by atoms with Crippen molar-refractivity contribution in [2.75, 3.05) is 18.0 Å². The van der Waals surface area contributed by atoms with Crippen molar-refractivity contribution in [3.63, 3.8) is 0 Å². The van der Waals surface area contributed by atoms with Gasteiger partial charge in [0.1, 0.15) is 5.82 Å². The molecular formula is C24H32N6O2. The molecule has 0 bridgehead atoms. The highest BCUT2D eigenvalue weighted by atomic mass is 16.2. The molecule has 0 radical (unpaired) electrons. The van der Waals surface area contributed by atoms with Gasteiger partial charge in [-0.05, 0) is 44.9 Å². The molecule has 170 valence electrons. The Hall–Kier alpha value is -2.77. The van der Waals surface area contributed by atoms with E-state index in [0.29, 0.717) is 36.7 Å². The Morgan fingerprint density at radius 2 is 1.91 bits per heavy atom. The van der Waals surface area contributed by atoms with E-state index in [4.69, 9.17) is 9.97 Å². The number of anilines is 1. The van der Waals surface area contributed by atoms with Gasteiger partial charge in [-0.25, -0.2) is 9.97 Å². The van der Waals surface area contributed by atoms with E-state index in [0.717, 1.165) is 36.5 Å². The lowest BCUT2D eigenvalue weighted by Gasteiger charge is -2.34. The van der Waals surface area contributed by atoms with Gasteiger partial charge in [0, 0.05) is 44.0 Å². The average molecular weight is 437 g/mol. The molecule has 1 saturated carbocycles. The smallest absolute Gasteiger partial charge is 0.257 e. The lowest BCUT2D eigenvalue weighted by atomic mass is 9.88. The SMILES string of the molecule is Cc1nc([C@H]2CCCN2C(=O)c2cnn(C)c2)nc2c1CCC(=O)N2CC1CCCCC1. The first-order valence-corrected chi connectivity index (χ1v) is 12.0. The lowest BCUT2D eigenvalue weighted by molar-refractivity contribution is -0.119. The van der Waals surface area contributed by atoms with Gasteiger partial charge in [0.15, 0.2) is 5.82 Å². The molecule has 0 spiro atoms. The highest BCUT2D eigenvalue weighted by Crippen LogP contribution is 2.36. The normalized spacial score (nSPS) is 21.8. The molecule has 2 aromatic rings. The van der Waals surface area contributed by atoms with E-state index in [1.807, 2.05) is 23.8 Å². The number of likely N-dealkylation sites (tertiary alicyclic amines) is 1. The zero-order valence-electron chi connectivity index (χ0n) is 19.1. The first kappa shape index (κ1) is 21.1. The maximum absolute atomic E-state index is 13.1. The number of carbonyl (C=O) groups excluding carboxylic acids is 2. The number of carbonyl (C=O) groups is 2. The van der Waals surface area contributed by atoms with E-state index in [2.05, 4.69) is 5.10 Å². The van der Waals surface area contributed by atoms with Crippen molar-refractivity contribution in [1.82, 2.24) is 24.6 Å². The topological polar surface area (TPSA) is 84.2 Å². The predicted molar refractivity (Wildman–Crippen MR) is 120 cm³/mol. The summed E-state index contributed by atoms with van der Waals surface area (Å²) in [6.45, 7) is 3.45. The minimum absolute atomic E-state index is 0.0327. The van der Waals surface area contributed by atoms with Crippen LogP contribution in [0.1, 0.15) is 84.8 Å². The Balaban J connectivity index is 1.45. The van der Waals surface area contributed by atoms with E-state index in [1.165, 1.54) is 32.1 Å². The number of fused-ring (bicyclic) bond motifs is 1. The molecule has 2 amide bonds. The van der Waals surface area contributed by atoms with Crippen molar-refractivity contribution in [2.45, 2.75) is 70.8 Å². The maximum Gasteiger partial charge on any atom is 0.257 e. The van der Waals surface area contributed by atoms with E-state index in [9.17, 15) is 9.59 Å². The summed E-state index contributed by atoms with van der Waals surface area (Å²) >= 11 is 0. The first-order valence-electron chi connectivity index (χ1n) is 12.0. The Labute approximate surface area is 189 Å². The van der Waals surface area contributed by atoms with Crippen LogP contribution in [0.15, 0.2) is 12.4 Å². The summed E-state index contributed by atoms with van der Waals surface area (Å²) in [7, 11) is 1.81. The van der Waals surface area contributed by atoms with Crippen molar-refractivity contribution >= 4 is 17.6 Å². The monoisotopic (exact) mass is 436 g/mol. The van der Waals surface area contributed by atoms with Crippen LogP contribution in [0, 0.1) is 12.8 Å². The van der Waals surface area contributed by atoms with Gasteiger partial charge in [-0.1, -0.05) is 19.3 Å². The van der Waals surface area contributed by atoms with Crippen LogP contribution in [0.25, 0.3) is 0 Å². The van der Waals surface area contributed by atoms with Crippen molar-refractivity contribution in [3.8, 4) is 0 Å². The summed E-state index contributed by atoms with van der Waals surface area (Å²) in [6.07, 6.45) is 12.5. The molecule has 0 N–H and O–H groups in total. The molecule has 2 aliphatic heterocycles. The zero-order chi connectivity index (χ0) is 22.2. The molecule has 8 heteroatoms. The summed E-state index contributed by atoms with van der Waals surface area (Å²) in [5.74, 6) is 2.14. The Kier molecular flexibility index (Phi) is 5.69. The number of hydrogen-bond donors (Lipinski definition) is 0. The highest BCUT2D eigenvalue weighted by Gasteiger charge is 2.36. The number of amides is 2. The third-order valence-corrected chi connectivity index (χ3v) is 7.28. The van der Waals surface area contributed by atoms with Gasteiger partial charge >= 0.3 is 0 Å². The standard InChI is InChI=1S/C24H32N6O2/c1-16-19-10-11-21(31)30(14-17-7-4-3-5-8-17)23(19)27-22(26-16)20-9-6-12-29(20)24(32)18-13-25-28(2)15-18/h13,15,17,20H,3-12,14H2,1-2H3/t20-/m1/s1. The van der Waals surface area contributed by atoms with Crippen LogP contribution in [0.5, 0.6) is 0 Å². The van der Waals surface area contributed by atoms with Gasteiger partial charge in [-0.2, -0.15) is 5.10 Å². The Bertz CT molecular complexity index is 1030. The largest absolute Gasteiger partial charge is 0.328 e. The van der Waals surface area contributed by atoms with Crippen molar-refractivity contribution < 1.29 is 9.59 Å². The number of rotatable bonds is 4. The number of nitrogens with zero attached hydrogens (tertiary/aromatic N) is 6. The van der Waals surface area contributed by atoms with Gasteiger partial charge in [-0.15, -0.1) is 0 Å². The summed E-state index contributed by atoms with van der Waals surface area (Å²) in [4.78, 5) is 39.7. The molecule has 2 aromatic heterocycles. The van der Waals surface area contributed by atoms with Crippen molar-refractivity contribution in [3.05, 3.63) is 35.0 Å². The predicted octanol–water partition coefficient (Wildman–Crippen LogP) is 3.36. The molecule has 4 heterocycles. The minimum atomic E-state index is -0.166. The number of aryl methyl sites for hydroxylation is 2. The summed E-state index contributed by atoms with van der Waals surface area (Å²) in [5.41, 5.74) is 2.61. The van der Waals surface area contributed by atoms with E-state index in [-0.39, 0.29) is 17.9 Å². The first-order chi connectivity index (χ1) is 15.5. The molecular weight excluding hydrogens is 404 g/mol. The van der Waals surface area contributed by atoms with Crippen LogP contribution < -0.4 is 4.90 Å². The van der Waals surface area contributed by atoms with E-state index < -0.39 is 0 Å². The van der Waals surface area contributed by atoms with Crippen LogP contribution in [0.4, 0.5) is 5.82 Å². The van der Waals surface area contributed by atoms with Crippen LogP contribution >= 0.6 is 0 Å². The van der Waals surface area contributed by atoms with Gasteiger partial charge in [0.05, 0.1) is 17.8 Å². The van der Waals surface area contributed by atoms with Crippen molar-refractivity contribution in [1.29, 1.82) is 0 Å². The number of hydrogen-bond acceptors (Lipinski definition) is 5. The molecule has 0 aromatic carbocycles. The van der Waals surface area contributed by atoms with Gasteiger partial charge < -0.3 is 4.90 Å². The lowest BCUT2D eigenvalue weighted by Crippen LogP contribution is -2.41. The molecule has 0 unspecified atom stereocenters. The second kappa shape index (κ2) is 8.64. The zero-order valence-corrected chi connectivity index (χ0v) is 19.1. The molecule has 1 atom stereocenters. The fourth-order valence-electron chi connectivity index (χ4n) is 5.54. The third kappa shape index (κ3) is 3.91. The molecule has 1 aliphatic carbocycles. The number of aromatic nitrogens is 4. The fraction of sp³-hybridized carbons (Fsp3) is 0.625. The highest BCUT2D eigenvalue weighted by molar-refractivity contribution is 5.96. The maximum atomic E-state index is 13.1. The molecule has 8 nitrogen and oxygen atoms in total. The Morgan fingerprint density at radius 1 is 1.09 bits per heavy atom. The van der Waals surface area contributed by atoms with Gasteiger partial charge in [0.2, 0.25) is 5.91 Å². The van der Waals surface area contributed by atoms with Crippen LogP contribution in [0.2, 0.25) is 0 Å². The van der Waals surface area contributed by atoms with Gasteiger partial charge in [-0.3, -0.25) is 19.2 Å². The summed E-state index contributed by atoms with van der Waals surface area (Å²) in [5, 5.41) is 4.15. The fourth-order valence-corrected chi connectivity index (χ4v) is 5.54. The van der Waals surface area contributed by atoms with E-state index in [1.54, 1.807) is 17.1 Å². The van der Waals surface area contributed by atoms with Gasteiger partial charge in [0.25, 0.3) is 5.91 Å². The quantitative estimate of drug-likeness (QED) is 0.734. The van der Waals surface area contributed by atoms with Crippen molar-refractivity contribution in [2.24, 2.45) is 13.0 Å². The third-order valence-electron chi connectivity index (χ3n) is 7.28. The second-order valence-electron chi connectivity index (χ2n) is 9.54. The Morgan fingerprint density at radius 3 is 2.66 bits per heavy atom. The molecule has 3 aliphatic rings. The molecule has 5 rings (SSSR count). The second-order valence-corrected chi connectivity index (χ2v) is 9.54. The van der Waals surface area contributed by atoms with Crippen LogP contribution in [-0.4, -0.2) is 49.6 Å². The van der Waals surface area contributed by atoms with E-state index >= 15 is 0 Å². The summed E-state index contributed by atoms with van der Waals surface area (Å²) < 4.78 is 1.65. The summed E-state index contributed by atoms with van der Waals surface area (Å²) in [6, 6.07) is -0.166. The average Bonchev–Trinajstić information content (AvgIpc) is 3.45. The van der Waals surface area contributed by atoms with Crippen LogP contribution in [-0.2, 0) is 18.3 Å². The molecule has 32 heavy (non-hydrogen) atoms. The molecule has 1 saturated heterocycles. The minimum Gasteiger partial charge on any atom is -0.328 e.